The van der Waals surface area contributed by atoms with Crippen LogP contribution in [0, 0.1) is 11.3 Å². The maximum Gasteiger partial charge on any atom is 0.322 e. The third kappa shape index (κ3) is 6.36. The minimum atomic E-state index is -1.78. The molecule has 1 saturated heterocycles. The fraction of sp³-hybridized carbons (Fsp3) is 0.520. The van der Waals surface area contributed by atoms with Gasteiger partial charge >= 0.3 is 5.97 Å². The van der Waals surface area contributed by atoms with Gasteiger partial charge < -0.3 is 20.3 Å². The third-order valence-electron chi connectivity index (χ3n) is 6.14. The molecule has 3 rings (SSSR count). The highest BCUT2D eigenvalue weighted by Crippen LogP contribution is 2.38. The second kappa shape index (κ2) is 10.9. The number of hydrogen-bond acceptors (Lipinski definition) is 7. The standard InChI is InChI=1S/C25H33NO7/c1-14-6-9-18(28)10-8-15(2)12-21(26-23(31)17(4)27)25(5)22(30)16(3)20(33-24(25)32)13-19(29)11-7-14/h6-8,10-12,16,18-21,28-29H,9,13H2,1-5H3,(H,26,31)/b10-8-,11-7+,14-6-,15-12-. The molecule has 33 heavy (non-hydrogen) atoms. The van der Waals surface area contributed by atoms with Gasteiger partial charge in [0.25, 0.3) is 5.91 Å². The van der Waals surface area contributed by atoms with Gasteiger partial charge in [0, 0.05) is 13.3 Å². The fourth-order valence-corrected chi connectivity index (χ4v) is 3.85. The lowest BCUT2D eigenvalue weighted by molar-refractivity contribution is -0.181. The number of hydrogen-bond donors (Lipinski definition) is 3. The molecule has 0 aromatic rings. The second-order valence-corrected chi connectivity index (χ2v) is 8.99. The number of ketones is 2. The minimum absolute atomic E-state index is 0.0298. The van der Waals surface area contributed by atoms with E-state index in [0.29, 0.717) is 12.0 Å². The van der Waals surface area contributed by atoms with Crippen molar-refractivity contribution in [2.24, 2.45) is 11.3 Å². The summed E-state index contributed by atoms with van der Waals surface area (Å²) < 4.78 is 5.59. The van der Waals surface area contributed by atoms with E-state index in [1.54, 1.807) is 38.2 Å². The maximum absolute atomic E-state index is 13.4. The number of nitrogens with one attached hydrogen (secondary N) is 1. The predicted octanol–water partition coefficient (Wildman–Crippen LogP) is 1.72. The van der Waals surface area contributed by atoms with Crippen LogP contribution in [0.15, 0.2) is 47.6 Å². The van der Waals surface area contributed by atoms with Gasteiger partial charge in [-0.25, -0.2) is 0 Å². The lowest BCUT2D eigenvalue weighted by atomic mass is 9.69. The SMILES string of the molecule is CC(=O)C(=O)NC1/C=C(C)\C=C/C(O)C/C=C(C)\C=C\C(O)CC2OC(=O)C1(C)C(=O)C2C. The number of aliphatic hydroxyl groups excluding tert-OH is 2. The Morgan fingerprint density at radius 3 is 2.33 bits per heavy atom. The van der Waals surface area contributed by atoms with Crippen molar-refractivity contribution in [2.75, 3.05) is 0 Å². The Morgan fingerprint density at radius 1 is 1.09 bits per heavy atom. The van der Waals surface area contributed by atoms with Crippen LogP contribution in [-0.2, 0) is 23.9 Å². The summed E-state index contributed by atoms with van der Waals surface area (Å²) in [6.07, 6.45) is 7.54. The van der Waals surface area contributed by atoms with Crippen molar-refractivity contribution in [1.29, 1.82) is 0 Å². The molecule has 3 N–H and O–H groups in total. The van der Waals surface area contributed by atoms with E-state index in [4.69, 9.17) is 4.74 Å². The van der Waals surface area contributed by atoms with Crippen molar-refractivity contribution in [3.63, 3.8) is 0 Å². The molecule has 2 heterocycles. The van der Waals surface area contributed by atoms with Crippen LogP contribution < -0.4 is 5.32 Å². The molecule has 8 heteroatoms. The molecule has 8 nitrogen and oxygen atoms in total. The van der Waals surface area contributed by atoms with E-state index < -0.39 is 59.1 Å². The number of fused-ring (bicyclic) bond motifs is 10. The number of amides is 1. The number of carbonyl (C=O) groups excluding carboxylic acids is 4. The number of rotatable bonds is 2. The summed E-state index contributed by atoms with van der Waals surface area (Å²) in [5, 5.41) is 23.1. The van der Waals surface area contributed by atoms with Crippen molar-refractivity contribution in [3.05, 3.63) is 47.6 Å². The first-order chi connectivity index (χ1) is 15.4. The molecular weight excluding hydrogens is 426 g/mol. The van der Waals surface area contributed by atoms with E-state index in [0.717, 1.165) is 12.5 Å². The average Bonchev–Trinajstić information content (AvgIpc) is 2.75. The molecule has 1 amide bonds. The van der Waals surface area contributed by atoms with Crippen LogP contribution in [0.4, 0.5) is 0 Å². The highest BCUT2D eigenvalue weighted by molar-refractivity contribution is 6.35. The lowest BCUT2D eigenvalue weighted by Gasteiger charge is -2.42. The monoisotopic (exact) mass is 459 g/mol. The van der Waals surface area contributed by atoms with Crippen LogP contribution in [0.2, 0.25) is 0 Å². The maximum atomic E-state index is 13.4. The van der Waals surface area contributed by atoms with Crippen molar-refractivity contribution in [3.8, 4) is 0 Å². The molecular formula is C25H33NO7. The molecule has 3 aliphatic rings. The van der Waals surface area contributed by atoms with Gasteiger partial charge in [-0.15, -0.1) is 0 Å². The minimum Gasteiger partial charge on any atom is -0.461 e. The zero-order valence-corrected chi connectivity index (χ0v) is 19.7. The number of Topliss-reactive ketones (excluding diaryl/α,β-unsaturated/α-hetero) is 2. The van der Waals surface area contributed by atoms with Gasteiger partial charge in [-0.2, -0.15) is 0 Å². The average molecular weight is 460 g/mol. The summed E-state index contributed by atoms with van der Waals surface area (Å²) in [7, 11) is 0. The molecule has 1 fully saturated rings. The van der Waals surface area contributed by atoms with Gasteiger partial charge in [0.15, 0.2) is 5.78 Å². The van der Waals surface area contributed by atoms with E-state index in [1.807, 2.05) is 13.0 Å². The summed E-state index contributed by atoms with van der Waals surface area (Å²) in [6, 6.07) is -1.15. The number of ether oxygens (including phenoxy) is 1. The van der Waals surface area contributed by atoms with Crippen LogP contribution in [0.5, 0.6) is 0 Å². The fourth-order valence-electron chi connectivity index (χ4n) is 3.85. The number of esters is 1. The summed E-state index contributed by atoms with van der Waals surface area (Å²) >= 11 is 0. The molecule has 0 saturated carbocycles. The predicted molar refractivity (Wildman–Crippen MR) is 122 cm³/mol. The Kier molecular flexibility index (Phi) is 8.69. The summed E-state index contributed by atoms with van der Waals surface area (Å²) in [6.45, 7) is 7.62. The number of allylic oxidation sites excluding steroid dienone is 4. The first-order valence-electron chi connectivity index (χ1n) is 11.0. The Morgan fingerprint density at radius 2 is 1.70 bits per heavy atom. The molecule has 0 aromatic heterocycles. The van der Waals surface area contributed by atoms with Crippen LogP contribution in [0.3, 0.4) is 0 Å². The van der Waals surface area contributed by atoms with Gasteiger partial charge in [-0.05, 0) is 27.2 Å². The van der Waals surface area contributed by atoms with Gasteiger partial charge in [0.1, 0.15) is 11.5 Å². The van der Waals surface area contributed by atoms with E-state index >= 15 is 0 Å². The lowest BCUT2D eigenvalue weighted by Crippen LogP contribution is -2.61. The van der Waals surface area contributed by atoms with Crippen LogP contribution in [0.25, 0.3) is 0 Å². The Labute approximate surface area is 194 Å². The zero-order chi connectivity index (χ0) is 24.9. The first kappa shape index (κ1) is 26.4. The van der Waals surface area contributed by atoms with Gasteiger partial charge in [-0.1, -0.05) is 54.5 Å². The van der Waals surface area contributed by atoms with Crippen molar-refractivity contribution >= 4 is 23.4 Å². The molecule has 6 unspecified atom stereocenters. The molecule has 0 aromatic carbocycles. The van der Waals surface area contributed by atoms with Crippen molar-refractivity contribution in [2.45, 2.75) is 71.8 Å². The van der Waals surface area contributed by atoms with Gasteiger partial charge in [-0.3, -0.25) is 19.2 Å². The highest BCUT2D eigenvalue weighted by Gasteiger charge is 2.56. The summed E-state index contributed by atoms with van der Waals surface area (Å²) in [5.74, 6) is -3.74. The van der Waals surface area contributed by atoms with E-state index in [9.17, 15) is 29.4 Å². The highest BCUT2D eigenvalue weighted by atomic mass is 16.5. The van der Waals surface area contributed by atoms with Gasteiger partial charge in [0.05, 0.1) is 24.2 Å². The Bertz CT molecular complexity index is 929. The van der Waals surface area contributed by atoms with Crippen molar-refractivity contribution < 1.29 is 34.1 Å². The zero-order valence-electron chi connectivity index (χ0n) is 19.7. The van der Waals surface area contributed by atoms with Crippen LogP contribution in [-0.4, -0.2) is 58.0 Å². The smallest absolute Gasteiger partial charge is 0.322 e. The molecule has 0 radical (unpaired) electrons. The van der Waals surface area contributed by atoms with Gasteiger partial charge in [0.2, 0.25) is 5.78 Å². The number of aliphatic hydroxyl groups is 2. The quantitative estimate of drug-likeness (QED) is 0.326. The number of carbonyl (C=O) groups is 4. The summed E-state index contributed by atoms with van der Waals surface area (Å²) in [4.78, 5) is 50.3. The van der Waals surface area contributed by atoms with Crippen LogP contribution in [0.1, 0.15) is 47.5 Å². The Balaban J connectivity index is 2.57. The summed E-state index contributed by atoms with van der Waals surface area (Å²) in [5.41, 5.74) is -0.371. The topological polar surface area (TPSA) is 130 Å². The Hall–Kier alpha value is -2.84. The molecule has 0 spiro atoms. The van der Waals surface area contributed by atoms with E-state index in [1.165, 1.54) is 13.0 Å². The largest absolute Gasteiger partial charge is 0.461 e. The first-order valence-corrected chi connectivity index (χ1v) is 11.0. The van der Waals surface area contributed by atoms with Crippen LogP contribution >= 0.6 is 0 Å². The van der Waals surface area contributed by atoms with E-state index in [-0.39, 0.29) is 6.42 Å². The molecule has 6 atom stereocenters. The normalized spacial score (nSPS) is 38.7. The molecule has 2 bridgehead atoms. The second-order valence-electron chi connectivity index (χ2n) is 8.99. The molecule has 2 aliphatic heterocycles. The van der Waals surface area contributed by atoms with E-state index in [2.05, 4.69) is 5.32 Å². The van der Waals surface area contributed by atoms with Crippen molar-refractivity contribution in [1.82, 2.24) is 5.32 Å². The molecule has 180 valence electrons. The molecule has 1 aliphatic carbocycles. The third-order valence-corrected chi connectivity index (χ3v) is 6.14.